The highest BCUT2D eigenvalue weighted by Crippen LogP contribution is 2.36. The van der Waals surface area contributed by atoms with Crippen LogP contribution in [0.2, 0.25) is 5.02 Å². The van der Waals surface area contributed by atoms with Gasteiger partial charge in [0.2, 0.25) is 0 Å². The van der Waals surface area contributed by atoms with Gasteiger partial charge in [0.25, 0.3) is 0 Å². The minimum absolute atomic E-state index is 0.154. The van der Waals surface area contributed by atoms with E-state index in [2.05, 4.69) is 0 Å². The number of phenolic OH excluding ortho intramolecular Hbond substituents is 1. The van der Waals surface area contributed by atoms with Crippen molar-refractivity contribution in [1.29, 1.82) is 0 Å². The number of Topliss-reactive ketones (excluding diaryl/α,β-unsaturated/α-hetero) is 1. The number of rotatable bonds is 1. The number of hydrogen-bond donors (Lipinski definition) is 1. The molecule has 0 saturated heterocycles. The molecule has 72 valence electrons. The molecule has 0 atom stereocenters. The van der Waals surface area contributed by atoms with E-state index in [9.17, 15) is 9.90 Å². The van der Waals surface area contributed by atoms with Crippen molar-refractivity contribution >= 4 is 28.4 Å². The molecule has 0 aliphatic heterocycles. The molecule has 2 aromatic rings. The normalized spacial score (nSPS) is 10.7. The van der Waals surface area contributed by atoms with Crippen LogP contribution >= 0.6 is 11.6 Å². The average molecular weight is 211 g/mol. The second-order valence-electron chi connectivity index (χ2n) is 2.98. The molecule has 0 aliphatic rings. The summed E-state index contributed by atoms with van der Waals surface area (Å²) in [5.41, 5.74) is 0.676. The Morgan fingerprint density at radius 2 is 2.29 bits per heavy atom. The van der Waals surface area contributed by atoms with Crippen molar-refractivity contribution in [3.8, 4) is 5.75 Å². The van der Waals surface area contributed by atoms with E-state index in [-0.39, 0.29) is 22.1 Å². The van der Waals surface area contributed by atoms with Crippen molar-refractivity contribution in [2.75, 3.05) is 0 Å². The molecule has 1 aromatic carbocycles. The fraction of sp³-hybridized carbons (Fsp3) is 0.100. The van der Waals surface area contributed by atoms with Crippen LogP contribution in [0.25, 0.3) is 11.0 Å². The van der Waals surface area contributed by atoms with E-state index >= 15 is 0 Å². The van der Waals surface area contributed by atoms with E-state index in [4.69, 9.17) is 16.0 Å². The third-order valence-electron chi connectivity index (χ3n) is 2.05. The summed E-state index contributed by atoms with van der Waals surface area (Å²) in [5.74, 6) is -0.434. The van der Waals surface area contributed by atoms with Gasteiger partial charge in [-0.05, 0) is 19.1 Å². The molecular formula is C10H7ClO3. The first-order valence-corrected chi connectivity index (χ1v) is 4.38. The van der Waals surface area contributed by atoms with Crippen LogP contribution in [0.3, 0.4) is 0 Å². The Labute approximate surface area is 84.9 Å². The summed E-state index contributed by atoms with van der Waals surface area (Å²) in [4.78, 5) is 11.1. The van der Waals surface area contributed by atoms with Crippen molar-refractivity contribution in [2.45, 2.75) is 6.92 Å². The monoisotopic (exact) mass is 210 g/mol. The molecule has 1 heterocycles. The number of carbonyl (C=O) groups is 1. The molecular weight excluding hydrogens is 204 g/mol. The van der Waals surface area contributed by atoms with Gasteiger partial charge in [0.1, 0.15) is 11.3 Å². The number of hydrogen-bond acceptors (Lipinski definition) is 3. The van der Waals surface area contributed by atoms with Gasteiger partial charge in [0.05, 0.1) is 16.8 Å². The zero-order chi connectivity index (χ0) is 10.3. The van der Waals surface area contributed by atoms with E-state index in [0.717, 1.165) is 0 Å². The lowest BCUT2D eigenvalue weighted by Gasteiger charge is -2.02. The molecule has 4 heteroatoms. The standard InChI is InChI=1S/C10H7ClO3/c1-5(12)7-4-8-6(2-3-14-8)9(11)10(7)13/h2-4,13H,1H3. The lowest BCUT2D eigenvalue weighted by Crippen LogP contribution is -1.92. The third-order valence-corrected chi connectivity index (χ3v) is 2.43. The van der Waals surface area contributed by atoms with Crippen molar-refractivity contribution < 1.29 is 14.3 Å². The number of aromatic hydroxyl groups is 1. The zero-order valence-corrected chi connectivity index (χ0v) is 8.13. The number of ketones is 1. The Kier molecular flexibility index (Phi) is 1.97. The molecule has 14 heavy (non-hydrogen) atoms. The van der Waals surface area contributed by atoms with Gasteiger partial charge in [-0.2, -0.15) is 0 Å². The first-order valence-electron chi connectivity index (χ1n) is 4.01. The van der Waals surface area contributed by atoms with E-state index in [1.165, 1.54) is 19.3 Å². The Balaban J connectivity index is 2.87. The van der Waals surface area contributed by atoms with Crippen molar-refractivity contribution in [3.05, 3.63) is 29.0 Å². The molecule has 2 rings (SSSR count). The van der Waals surface area contributed by atoms with Gasteiger partial charge < -0.3 is 9.52 Å². The molecule has 0 saturated carbocycles. The average Bonchev–Trinajstić information content (AvgIpc) is 2.58. The minimum atomic E-state index is -0.247. The lowest BCUT2D eigenvalue weighted by atomic mass is 10.1. The van der Waals surface area contributed by atoms with Gasteiger partial charge in [0.15, 0.2) is 5.78 Å². The second kappa shape index (κ2) is 3.03. The topological polar surface area (TPSA) is 50.4 Å². The summed E-state index contributed by atoms with van der Waals surface area (Å²) in [6.45, 7) is 1.36. The smallest absolute Gasteiger partial charge is 0.163 e. The van der Waals surface area contributed by atoms with Crippen LogP contribution in [0.4, 0.5) is 0 Å². The molecule has 0 bridgehead atoms. The van der Waals surface area contributed by atoms with Gasteiger partial charge >= 0.3 is 0 Å². The largest absolute Gasteiger partial charge is 0.506 e. The number of fused-ring (bicyclic) bond motifs is 1. The van der Waals surface area contributed by atoms with Crippen LogP contribution in [0.15, 0.2) is 22.8 Å². The minimum Gasteiger partial charge on any atom is -0.506 e. The van der Waals surface area contributed by atoms with E-state index in [0.29, 0.717) is 11.0 Å². The van der Waals surface area contributed by atoms with Crippen LogP contribution in [-0.2, 0) is 0 Å². The fourth-order valence-electron chi connectivity index (χ4n) is 1.33. The van der Waals surface area contributed by atoms with Gasteiger partial charge in [-0.3, -0.25) is 4.79 Å². The Hall–Kier alpha value is -1.48. The number of carbonyl (C=O) groups excluding carboxylic acids is 1. The Morgan fingerprint density at radius 1 is 1.57 bits per heavy atom. The van der Waals surface area contributed by atoms with Crippen molar-refractivity contribution in [1.82, 2.24) is 0 Å². The Bertz CT molecular complexity index is 513. The predicted molar refractivity (Wildman–Crippen MR) is 52.9 cm³/mol. The maximum absolute atomic E-state index is 11.1. The van der Waals surface area contributed by atoms with E-state index in [1.807, 2.05) is 0 Å². The van der Waals surface area contributed by atoms with Crippen LogP contribution in [0, 0.1) is 0 Å². The van der Waals surface area contributed by atoms with Crippen molar-refractivity contribution in [3.63, 3.8) is 0 Å². The first kappa shape index (κ1) is 9.09. The molecule has 0 amide bonds. The Morgan fingerprint density at radius 3 is 2.93 bits per heavy atom. The van der Waals surface area contributed by atoms with E-state index < -0.39 is 0 Å². The predicted octanol–water partition coefficient (Wildman–Crippen LogP) is 2.99. The van der Waals surface area contributed by atoms with Crippen molar-refractivity contribution in [2.24, 2.45) is 0 Å². The maximum atomic E-state index is 11.1. The summed E-state index contributed by atoms with van der Waals surface area (Å²) in [6.07, 6.45) is 1.46. The van der Waals surface area contributed by atoms with E-state index in [1.54, 1.807) is 6.07 Å². The zero-order valence-electron chi connectivity index (χ0n) is 7.37. The molecule has 0 fully saturated rings. The van der Waals surface area contributed by atoms with Crippen LogP contribution < -0.4 is 0 Å². The molecule has 1 N–H and O–H groups in total. The third kappa shape index (κ3) is 1.17. The molecule has 0 aliphatic carbocycles. The lowest BCUT2D eigenvalue weighted by molar-refractivity contribution is 0.101. The SMILES string of the molecule is CC(=O)c1cc2occc2c(Cl)c1O. The number of benzene rings is 1. The number of halogens is 1. The highest BCUT2D eigenvalue weighted by molar-refractivity contribution is 6.37. The molecule has 0 radical (unpaired) electrons. The van der Waals surface area contributed by atoms with Crippen LogP contribution in [0.1, 0.15) is 17.3 Å². The fourth-order valence-corrected chi connectivity index (χ4v) is 1.59. The van der Waals surface area contributed by atoms with Gasteiger partial charge in [-0.15, -0.1) is 0 Å². The summed E-state index contributed by atoms with van der Waals surface area (Å²) >= 11 is 5.85. The summed E-state index contributed by atoms with van der Waals surface area (Å²) in [7, 11) is 0. The quantitative estimate of drug-likeness (QED) is 0.737. The highest BCUT2D eigenvalue weighted by Gasteiger charge is 2.15. The van der Waals surface area contributed by atoms with Crippen LogP contribution in [-0.4, -0.2) is 10.9 Å². The van der Waals surface area contributed by atoms with Gasteiger partial charge in [-0.25, -0.2) is 0 Å². The molecule has 0 spiro atoms. The van der Waals surface area contributed by atoms with Gasteiger partial charge in [-0.1, -0.05) is 11.6 Å². The highest BCUT2D eigenvalue weighted by atomic mass is 35.5. The van der Waals surface area contributed by atoms with Gasteiger partial charge in [0, 0.05) is 5.39 Å². The number of phenols is 1. The first-order chi connectivity index (χ1) is 6.61. The molecule has 0 unspecified atom stereocenters. The summed E-state index contributed by atoms with van der Waals surface area (Å²) in [5, 5.41) is 10.3. The second-order valence-corrected chi connectivity index (χ2v) is 3.35. The summed E-state index contributed by atoms with van der Waals surface area (Å²) < 4.78 is 5.10. The molecule has 1 aromatic heterocycles. The summed E-state index contributed by atoms with van der Waals surface area (Å²) in [6, 6.07) is 3.13. The number of furan rings is 1. The maximum Gasteiger partial charge on any atom is 0.163 e. The molecule has 3 nitrogen and oxygen atoms in total. The van der Waals surface area contributed by atoms with Crippen LogP contribution in [0.5, 0.6) is 5.75 Å².